The average molecular weight is 481 g/mol. The molecule has 1 N–H and O–H groups in total. The molecule has 1 aliphatic rings. The summed E-state index contributed by atoms with van der Waals surface area (Å²) in [7, 11) is 0. The summed E-state index contributed by atoms with van der Waals surface area (Å²) in [6.45, 7) is 5.09. The Bertz CT molecular complexity index is 1390. The van der Waals surface area contributed by atoms with E-state index in [4.69, 9.17) is 9.72 Å². The van der Waals surface area contributed by atoms with Gasteiger partial charge in [0.05, 0.1) is 23.9 Å². The van der Waals surface area contributed by atoms with E-state index in [2.05, 4.69) is 10.3 Å². The first-order valence-electron chi connectivity index (χ1n) is 10.9. The van der Waals surface area contributed by atoms with Gasteiger partial charge in [0.15, 0.2) is 5.16 Å². The monoisotopic (exact) mass is 480 g/mol. The van der Waals surface area contributed by atoms with Gasteiger partial charge in [0, 0.05) is 23.9 Å². The average Bonchev–Trinajstić information content (AvgIpc) is 3.45. The third-order valence-electron chi connectivity index (χ3n) is 5.81. The Labute approximate surface area is 199 Å². The molecule has 3 aromatic heterocycles. The number of aryl methyl sites for hydroxylation is 2. The van der Waals surface area contributed by atoms with E-state index in [0.717, 1.165) is 39.9 Å². The molecule has 1 fully saturated rings. The fourth-order valence-corrected chi connectivity index (χ4v) is 5.95. The van der Waals surface area contributed by atoms with Crippen LogP contribution in [-0.2, 0) is 16.1 Å². The molecule has 1 aliphatic heterocycles. The van der Waals surface area contributed by atoms with Crippen LogP contribution >= 0.6 is 23.1 Å². The molecule has 1 amide bonds. The summed E-state index contributed by atoms with van der Waals surface area (Å²) >= 11 is 2.64. The van der Waals surface area contributed by atoms with E-state index in [1.165, 1.54) is 23.1 Å². The van der Waals surface area contributed by atoms with Crippen LogP contribution in [0.3, 0.4) is 0 Å². The third kappa shape index (κ3) is 4.40. The number of anilines is 1. The molecule has 7 nitrogen and oxygen atoms in total. The van der Waals surface area contributed by atoms with Crippen molar-refractivity contribution in [3.8, 4) is 0 Å². The standard InChI is InChI=1S/C24H24N4O3S2/c1-14-6-3-7-15(2)19(14)26-18(29)13-32-24-27-20-17-9-4-10-25-22(17)33-21(20)23(30)28(24)12-16-8-5-11-31-16/h3-4,6-7,9-10,16H,5,8,11-13H2,1-2H3,(H,26,29)/t16-/m0/s1. The van der Waals surface area contributed by atoms with Crippen LogP contribution in [0.2, 0.25) is 0 Å². The summed E-state index contributed by atoms with van der Waals surface area (Å²) in [5.74, 6) is 0.0182. The lowest BCUT2D eigenvalue weighted by molar-refractivity contribution is -0.113. The Morgan fingerprint density at radius 1 is 1.27 bits per heavy atom. The van der Waals surface area contributed by atoms with Gasteiger partial charge < -0.3 is 10.1 Å². The molecule has 1 aromatic carbocycles. The van der Waals surface area contributed by atoms with Crippen molar-refractivity contribution >= 4 is 55.1 Å². The minimum atomic E-state index is -0.132. The molecular formula is C24H24N4O3S2. The van der Waals surface area contributed by atoms with Crippen molar-refractivity contribution in [3.63, 3.8) is 0 Å². The molecule has 1 atom stereocenters. The number of benzene rings is 1. The molecular weight excluding hydrogens is 456 g/mol. The Balaban J connectivity index is 1.48. The molecule has 0 bridgehead atoms. The minimum Gasteiger partial charge on any atom is -0.376 e. The third-order valence-corrected chi connectivity index (χ3v) is 7.87. The van der Waals surface area contributed by atoms with Crippen LogP contribution in [0.1, 0.15) is 24.0 Å². The summed E-state index contributed by atoms with van der Waals surface area (Å²) in [5.41, 5.74) is 3.41. The van der Waals surface area contributed by atoms with Gasteiger partial charge >= 0.3 is 0 Å². The highest BCUT2D eigenvalue weighted by Crippen LogP contribution is 2.31. The highest BCUT2D eigenvalue weighted by Gasteiger charge is 2.22. The van der Waals surface area contributed by atoms with Gasteiger partial charge in [0.1, 0.15) is 9.53 Å². The van der Waals surface area contributed by atoms with Crippen molar-refractivity contribution in [2.45, 2.75) is 44.5 Å². The minimum absolute atomic E-state index is 0.0164. The Morgan fingerprint density at radius 2 is 2.09 bits per heavy atom. The second kappa shape index (κ2) is 9.24. The van der Waals surface area contributed by atoms with Gasteiger partial charge in [-0.2, -0.15) is 0 Å². The number of thioether (sulfide) groups is 1. The van der Waals surface area contributed by atoms with Crippen molar-refractivity contribution in [2.75, 3.05) is 17.7 Å². The summed E-state index contributed by atoms with van der Waals surface area (Å²) in [6, 6.07) is 9.69. The number of rotatable bonds is 6. The number of carbonyl (C=O) groups is 1. The van der Waals surface area contributed by atoms with Gasteiger partial charge in [-0.3, -0.25) is 14.2 Å². The summed E-state index contributed by atoms with van der Waals surface area (Å²) in [6.07, 6.45) is 3.60. The molecule has 5 rings (SSSR count). The predicted molar refractivity (Wildman–Crippen MR) is 133 cm³/mol. The number of pyridine rings is 1. The molecule has 33 heavy (non-hydrogen) atoms. The first-order valence-corrected chi connectivity index (χ1v) is 12.7. The molecule has 4 heterocycles. The highest BCUT2D eigenvalue weighted by atomic mass is 32.2. The largest absolute Gasteiger partial charge is 0.376 e. The number of ether oxygens (including phenoxy) is 1. The van der Waals surface area contributed by atoms with E-state index in [0.29, 0.717) is 28.5 Å². The predicted octanol–water partition coefficient (Wildman–Crippen LogP) is 4.53. The number of hydrogen-bond donors (Lipinski definition) is 1. The van der Waals surface area contributed by atoms with Gasteiger partial charge in [0.2, 0.25) is 5.91 Å². The SMILES string of the molecule is Cc1cccc(C)c1NC(=O)CSc1nc2c(sc3ncccc32)c(=O)n1C[C@@H]1CCCO1. The smallest absolute Gasteiger partial charge is 0.272 e. The van der Waals surface area contributed by atoms with Crippen molar-refractivity contribution in [1.82, 2.24) is 14.5 Å². The van der Waals surface area contributed by atoms with E-state index >= 15 is 0 Å². The van der Waals surface area contributed by atoms with E-state index in [9.17, 15) is 9.59 Å². The molecule has 0 saturated carbocycles. The molecule has 0 aliphatic carbocycles. The van der Waals surface area contributed by atoms with Crippen LogP contribution in [0.25, 0.3) is 20.4 Å². The zero-order valence-corrected chi connectivity index (χ0v) is 20.1. The van der Waals surface area contributed by atoms with Gasteiger partial charge in [-0.15, -0.1) is 11.3 Å². The number of aromatic nitrogens is 3. The molecule has 0 spiro atoms. The zero-order valence-electron chi connectivity index (χ0n) is 18.5. The Morgan fingerprint density at radius 3 is 2.85 bits per heavy atom. The molecule has 0 unspecified atom stereocenters. The maximum atomic E-state index is 13.5. The second-order valence-electron chi connectivity index (χ2n) is 8.18. The lowest BCUT2D eigenvalue weighted by atomic mass is 10.1. The van der Waals surface area contributed by atoms with Crippen LogP contribution in [0.5, 0.6) is 0 Å². The van der Waals surface area contributed by atoms with Gasteiger partial charge in [-0.05, 0) is 49.9 Å². The zero-order chi connectivity index (χ0) is 22.9. The number of para-hydroxylation sites is 1. The maximum absolute atomic E-state index is 13.5. The Kier molecular flexibility index (Phi) is 6.18. The van der Waals surface area contributed by atoms with Gasteiger partial charge in [0.25, 0.3) is 5.56 Å². The van der Waals surface area contributed by atoms with Crippen LogP contribution in [0.4, 0.5) is 5.69 Å². The van der Waals surface area contributed by atoms with Crippen LogP contribution < -0.4 is 10.9 Å². The number of nitrogens with zero attached hydrogens (tertiary/aromatic N) is 3. The van der Waals surface area contributed by atoms with Gasteiger partial charge in [-0.25, -0.2) is 9.97 Å². The molecule has 0 radical (unpaired) electrons. The van der Waals surface area contributed by atoms with Gasteiger partial charge in [-0.1, -0.05) is 30.0 Å². The van der Waals surface area contributed by atoms with Crippen molar-refractivity contribution in [2.24, 2.45) is 0 Å². The molecule has 4 aromatic rings. The van der Waals surface area contributed by atoms with E-state index < -0.39 is 0 Å². The normalized spacial score (nSPS) is 16.0. The Hall–Kier alpha value is -2.75. The van der Waals surface area contributed by atoms with Crippen LogP contribution in [0, 0.1) is 13.8 Å². The second-order valence-corrected chi connectivity index (χ2v) is 10.1. The number of hydrogen-bond acceptors (Lipinski definition) is 7. The lowest BCUT2D eigenvalue weighted by Crippen LogP contribution is -2.28. The summed E-state index contributed by atoms with van der Waals surface area (Å²) in [5, 5.41) is 4.40. The number of amides is 1. The fourth-order valence-electron chi connectivity index (χ4n) is 4.12. The van der Waals surface area contributed by atoms with E-state index in [1.54, 1.807) is 10.8 Å². The number of nitrogens with one attached hydrogen (secondary N) is 1. The molecule has 170 valence electrons. The molecule has 9 heteroatoms. The van der Waals surface area contributed by atoms with Crippen LogP contribution in [0.15, 0.2) is 46.5 Å². The van der Waals surface area contributed by atoms with Crippen LogP contribution in [-0.4, -0.2) is 38.9 Å². The van der Waals surface area contributed by atoms with E-state index in [-0.39, 0.29) is 23.3 Å². The number of carbonyl (C=O) groups excluding carboxylic acids is 1. The van der Waals surface area contributed by atoms with E-state index in [1.807, 2.05) is 44.2 Å². The van der Waals surface area contributed by atoms with Crippen molar-refractivity contribution in [3.05, 3.63) is 58.0 Å². The van der Waals surface area contributed by atoms with Crippen molar-refractivity contribution < 1.29 is 9.53 Å². The number of fused-ring (bicyclic) bond motifs is 3. The maximum Gasteiger partial charge on any atom is 0.272 e. The molecule has 1 saturated heterocycles. The number of thiophene rings is 1. The summed E-state index contributed by atoms with van der Waals surface area (Å²) in [4.78, 5) is 36.3. The highest BCUT2D eigenvalue weighted by molar-refractivity contribution is 7.99. The quantitative estimate of drug-likeness (QED) is 0.322. The summed E-state index contributed by atoms with van der Waals surface area (Å²) < 4.78 is 8.04. The van der Waals surface area contributed by atoms with Crippen molar-refractivity contribution in [1.29, 1.82) is 0 Å². The lowest BCUT2D eigenvalue weighted by Gasteiger charge is -2.16. The fraction of sp³-hybridized carbons (Fsp3) is 0.333. The first-order chi connectivity index (χ1) is 16.0. The topological polar surface area (TPSA) is 86.1 Å². The first kappa shape index (κ1) is 22.1.